The molecule has 9 heteroatoms. The van der Waals surface area contributed by atoms with E-state index in [0.29, 0.717) is 48.1 Å². The Labute approximate surface area is 210 Å². The Hall–Kier alpha value is -4.03. The first-order valence-electron chi connectivity index (χ1n) is 11.8. The number of anilines is 2. The highest BCUT2D eigenvalue weighted by Gasteiger charge is 2.24. The van der Waals surface area contributed by atoms with Crippen LogP contribution in [0.3, 0.4) is 0 Å². The van der Waals surface area contributed by atoms with Gasteiger partial charge in [0.2, 0.25) is 0 Å². The Morgan fingerprint density at radius 3 is 2.75 bits per heavy atom. The molecule has 3 aromatic rings. The van der Waals surface area contributed by atoms with Gasteiger partial charge in [0.05, 0.1) is 36.1 Å². The molecular formula is C27H30N6O3. The lowest BCUT2D eigenvalue weighted by molar-refractivity contribution is 0.0987. The molecule has 3 heterocycles. The van der Waals surface area contributed by atoms with Crippen molar-refractivity contribution in [2.45, 2.75) is 39.2 Å². The predicted molar refractivity (Wildman–Crippen MR) is 138 cm³/mol. The van der Waals surface area contributed by atoms with E-state index in [0.717, 1.165) is 11.1 Å². The van der Waals surface area contributed by atoms with Crippen LogP contribution in [0.2, 0.25) is 0 Å². The maximum Gasteiger partial charge on any atom is 0.290 e. The Kier molecular flexibility index (Phi) is 6.91. The third-order valence-electron chi connectivity index (χ3n) is 6.43. The number of rotatable bonds is 5. The van der Waals surface area contributed by atoms with Gasteiger partial charge in [-0.25, -0.2) is 4.68 Å². The summed E-state index contributed by atoms with van der Waals surface area (Å²) in [4.78, 5) is 32.2. The molecule has 1 aliphatic rings. The van der Waals surface area contributed by atoms with Crippen LogP contribution in [0, 0.1) is 18.3 Å². The van der Waals surface area contributed by atoms with E-state index in [1.54, 1.807) is 33.0 Å². The first-order chi connectivity index (χ1) is 17.1. The van der Waals surface area contributed by atoms with Crippen molar-refractivity contribution in [1.29, 1.82) is 5.26 Å². The summed E-state index contributed by atoms with van der Waals surface area (Å²) in [5.74, 6) is -0.307. The van der Waals surface area contributed by atoms with Gasteiger partial charge in [0.15, 0.2) is 0 Å². The third-order valence-corrected chi connectivity index (χ3v) is 6.43. The van der Waals surface area contributed by atoms with Crippen LogP contribution in [0.4, 0.5) is 11.4 Å². The number of amides is 1. The first kappa shape index (κ1) is 25.1. The first-order valence-corrected chi connectivity index (χ1v) is 11.8. The molecule has 0 spiro atoms. The molecule has 1 amide bonds. The summed E-state index contributed by atoms with van der Waals surface area (Å²) in [7, 11) is 1.64. The molecule has 0 radical (unpaired) electrons. The Morgan fingerprint density at radius 2 is 2.03 bits per heavy atom. The fourth-order valence-electron chi connectivity index (χ4n) is 4.17. The van der Waals surface area contributed by atoms with E-state index in [1.807, 2.05) is 38.1 Å². The van der Waals surface area contributed by atoms with E-state index in [2.05, 4.69) is 26.4 Å². The molecular weight excluding hydrogens is 456 g/mol. The van der Waals surface area contributed by atoms with Gasteiger partial charge in [0.25, 0.3) is 11.5 Å². The molecule has 4 rings (SSSR count). The molecule has 0 unspecified atom stereocenters. The van der Waals surface area contributed by atoms with Crippen molar-refractivity contribution in [3.8, 4) is 17.3 Å². The van der Waals surface area contributed by atoms with Gasteiger partial charge in [0, 0.05) is 42.6 Å². The minimum atomic E-state index is -0.808. The molecule has 1 fully saturated rings. The van der Waals surface area contributed by atoms with Crippen LogP contribution < -0.4 is 15.8 Å². The standard InChI is InChI=1S/C27H30N6O3/c1-17-6-7-20(30-25(34)19-8-9-29-24(12-19)27(3,4)16-28)13-21(17)22-14-23(26(35)32(5)31-22)33-10-11-36-15-18(33)2/h6-9,12-14,18H,10-11,15H2,1-5H3,(H,30,34)/t18-/m0/s1. The summed E-state index contributed by atoms with van der Waals surface area (Å²) < 4.78 is 6.89. The number of hydrogen-bond acceptors (Lipinski definition) is 7. The Balaban J connectivity index is 1.66. The molecule has 0 saturated carbocycles. The molecule has 1 aliphatic heterocycles. The van der Waals surface area contributed by atoms with Crippen LogP contribution in [-0.2, 0) is 17.2 Å². The lowest BCUT2D eigenvalue weighted by Gasteiger charge is -2.34. The van der Waals surface area contributed by atoms with Gasteiger partial charge in [0.1, 0.15) is 5.69 Å². The second-order valence-corrected chi connectivity index (χ2v) is 9.61. The van der Waals surface area contributed by atoms with E-state index in [-0.39, 0.29) is 17.5 Å². The number of nitrogens with zero attached hydrogens (tertiary/aromatic N) is 5. The van der Waals surface area contributed by atoms with Gasteiger partial charge in [-0.3, -0.25) is 14.6 Å². The number of benzene rings is 1. The number of nitrogens with one attached hydrogen (secondary N) is 1. The summed E-state index contributed by atoms with van der Waals surface area (Å²) in [5.41, 5.74) is 3.55. The topological polar surface area (TPSA) is 113 Å². The van der Waals surface area contributed by atoms with E-state index in [1.165, 1.54) is 10.9 Å². The zero-order chi connectivity index (χ0) is 26.0. The second kappa shape index (κ2) is 9.91. The monoisotopic (exact) mass is 486 g/mol. The van der Waals surface area contributed by atoms with Crippen molar-refractivity contribution in [3.05, 3.63) is 69.8 Å². The average molecular weight is 487 g/mol. The Bertz CT molecular complexity index is 1410. The van der Waals surface area contributed by atoms with Crippen molar-refractivity contribution < 1.29 is 9.53 Å². The summed E-state index contributed by atoms with van der Waals surface area (Å²) in [6.07, 6.45) is 1.53. The summed E-state index contributed by atoms with van der Waals surface area (Å²) in [6.45, 7) is 9.26. The molecule has 9 nitrogen and oxygen atoms in total. The highest BCUT2D eigenvalue weighted by Crippen LogP contribution is 2.28. The van der Waals surface area contributed by atoms with Crippen molar-refractivity contribution in [2.24, 2.45) is 7.05 Å². The number of aromatic nitrogens is 3. The maximum absolute atomic E-state index is 13.0. The number of morpholine rings is 1. The number of hydrogen-bond donors (Lipinski definition) is 1. The normalized spacial score (nSPS) is 15.9. The fraction of sp³-hybridized carbons (Fsp3) is 0.370. The van der Waals surface area contributed by atoms with E-state index < -0.39 is 5.41 Å². The number of pyridine rings is 1. The largest absolute Gasteiger partial charge is 0.377 e. The van der Waals surface area contributed by atoms with E-state index in [4.69, 9.17) is 4.74 Å². The van der Waals surface area contributed by atoms with Gasteiger partial charge in [-0.2, -0.15) is 10.4 Å². The Morgan fingerprint density at radius 1 is 1.25 bits per heavy atom. The molecule has 1 N–H and O–H groups in total. The molecule has 186 valence electrons. The highest BCUT2D eigenvalue weighted by atomic mass is 16.5. The SMILES string of the molecule is Cc1ccc(NC(=O)c2ccnc(C(C)(C)C#N)c2)cc1-c1cc(N2CCOC[C@@H]2C)c(=O)n(C)n1. The minimum absolute atomic E-state index is 0.0738. The number of aryl methyl sites for hydroxylation is 2. The van der Waals surface area contributed by atoms with Crippen molar-refractivity contribution in [1.82, 2.24) is 14.8 Å². The quantitative estimate of drug-likeness (QED) is 0.588. The number of nitriles is 1. The molecule has 2 aromatic heterocycles. The lowest BCUT2D eigenvalue weighted by atomic mass is 9.90. The number of carbonyl (C=O) groups excluding carboxylic acids is 1. The number of carbonyl (C=O) groups is 1. The second-order valence-electron chi connectivity index (χ2n) is 9.61. The zero-order valence-electron chi connectivity index (χ0n) is 21.2. The summed E-state index contributed by atoms with van der Waals surface area (Å²) in [5, 5.41) is 16.8. The average Bonchev–Trinajstić information content (AvgIpc) is 2.87. The maximum atomic E-state index is 13.0. The van der Waals surface area contributed by atoms with Gasteiger partial charge in [-0.05, 0) is 63.6 Å². The van der Waals surface area contributed by atoms with Gasteiger partial charge >= 0.3 is 0 Å². The van der Waals surface area contributed by atoms with Gasteiger partial charge < -0.3 is 15.0 Å². The van der Waals surface area contributed by atoms with Gasteiger partial charge in [-0.15, -0.1) is 0 Å². The van der Waals surface area contributed by atoms with Gasteiger partial charge in [-0.1, -0.05) is 6.07 Å². The van der Waals surface area contributed by atoms with Crippen LogP contribution in [-0.4, -0.2) is 46.5 Å². The van der Waals surface area contributed by atoms with Crippen LogP contribution in [0.15, 0.2) is 47.4 Å². The van der Waals surface area contributed by atoms with E-state index in [9.17, 15) is 14.9 Å². The van der Waals surface area contributed by atoms with Crippen LogP contribution in [0.5, 0.6) is 0 Å². The zero-order valence-corrected chi connectivity index (χ0v) is 21.2. The molecule has 1 saturated heterocycles. The molecule has 1 aromatic carbocycles. The minimum Gasteiger partial charge on any atom is -0.377 e. The highest BCUT2D eigenvalue weighted by molar-refractivity contribution is 6.04. The van der Waals surface area contributed by atoms with Crippen LogP contribution in [0.1, 0.15) is 42.4 Å². The van der Waals surface area contributed by atoms with Crippen molar-refractivity contribution in [3.63, 3.8) is 0 Å². The van der Waals surface area contributed by atoms with Crippen LogP contribution in [0.25, 0.3) is 11.3 Å². The van der Waals surface area contributed by atoms with Crippen molar-refractivity contribution >= 4 is 17.3 Å². The van der Waals surface area contributed by atoms with Crippen molar-refractivity contribution in [2.75, 3.05) is 30.0 Å². The summed E-state index contributed by atoms with van der Waals surface area (Å²) in [6, 6.07) is 12.9. The molecule has 1 atom stereocenters. The molecule has 36 heavy (non-hydrogen) atoms. The molecule has 0 bridgehead atoms. The third kappa shape index (κ3) is 4.99. The smallest absolute Gasteiger partial charge is 0.290 e. The predicted octanol–water partition coefficient (Wildman–Crippen LogP) is 3.43. The fourth-order valence-corrected chi connectivity index (χ4v) is 4.17. The van der Waals surface area contributed by atoms with E-state index >= 15 is 0 Å². The molecule has 0 aliphatic carbocycles. The lowest BCUT2D eigenvalue weighted by Crippen LogP contribution is -2.46. The van der Waals surface area contributed by atoms with Crippen LogP contribution >= 0.6 is 0 Å². The number of ether oxygens (including phenoxy) is 1. The summed E-state index contributed by atoms with van der Waals surface area (Å²) >= 11 is 0.